The number of hydrogen-bond acceptors (Lipinski definition) is 3. The zero-order chi connectivity index (χ0) is 19.4. The molecule has 0 unspecified atom stereocenters. The molecule has 1 aromatic carbocycles. The van der Waals surface area contributed by atoms with Crippen LogP contribution in [0.15, 0.2) is 24.3 Å². The van der Waals surface area contributed by atoms with E-state index in [9.17, 15) is 18.0 Å². The maximum absolute atomic E-state index is 13.1. The molecule has 1 amide bonds. The van der Waals surface area contributed by atoms with Crippen LogP contribution >= 0.6 is 0 Å². The van der Waals surface area contributed by atoms with E-state index >= 15 is 0 Å². The van der Waals surface area contributed by atoms with E-state index in [-0.39, 0.29) is 0 Å². The lowest BCUT2D eigenvalue weighted by Gasteiger charge is -2.32. The molecule has 0 saturated carbocycles. The van der Waals surface area contributed by atoms with Crippen molar-refractivity contribution in [3.05, 3.63) is 35.4 Å². The summed E-state index contributed by atoms with van der Waals surface area (Å²) < 4.78 is 44.5. The molecule has 1 aliphatic rings. The van der Waals surface area contributed by atoms with Crippen molar-refractivity contribution in [2.24, 2.45) is 5.92 Å². The minimum absolute atomic E-state index is 0.294. The van der Waals surface area contributed by atoms with E-state index in [1.165, 1.54) is 6.07 Å². The third-order valence-corrected chi connectivity index (χ3v) is 4.36. The largest absolute Gasteiger partial charge is 0.444 e. The normalized spacial score (nSPS) is 17.2. The Balaban J connectivity index is 1.80. The Morgan fingerprint density at radius 2 is 1.81 bits per heavy atom. The first-order chi connectivity index (χ1) is 12.0. The smallest absolute Gasteiger partial charge is 0.416 e. The molecule has 26 heavy (non-hydrogen) atoms. The van der Waals surface area contributed by atoms with E-state index in [0.717, 1.165) is 18.9 Å². The minimum Gasteiger partial charge on any atom is -0.444 e. The number of hydrogen-bond donors (Lipinski definition) is 1. The summed E-state index contributed by atoms with van der Waals surface area (Å²) in [5, 5.41) is 2.77. The monoisotopic (exact) mass is 372 g/mol. The van der Waals surface area contributed by atoms with Gasteiger partial charge in [-0.05, 0) is 64.3 Å². The van der Waals surface area contributed by atoms with Crippen molar-refractivity contribution in [1.82, 2.24) is 10.2 Å². The number of amides is 1. The zero-order valence-electron chi connectivity index (χ0n) is 15.5. The van der Waals surface area contributed by atoms with Crippen LogP contribution in [0.3, 0.4) is 0 Å². The second-order valence-corrected chi connectivity index (χ2v) is 7.76. The van der Waals surface area contributed by atoms with Crippen molar-refractivity contribution in [3.63, 3.8) is 0 Å². The Hall–Kier alpha value is -1.76. The van der Waals surface area contributed by atoms with Gasteiger partial charge in [0.25, 0.3) is 0 Å². The third kappa shape index (κ3) is 6.52. The summed E-state index contributed by atoms with van der Waals surface area (Å²) in [5.74, 6) is 0.316. The van der Waals surface area contributed by atoms with Gasteiger partial charge >= 0.3 is 12.3 Å². The molecule has 0 radical (unpaired) electrons. The fourth-order valence-corrected chi connectivity index (χ4v) is 3.07. The molecule has 0 spiro atoms. The number of alkyl carbamates (subject to hydrolysis) is 1. The fraction of sp³-hybridized carbons (Fsp3) is 0.632. The molecule has 2 rings (SSSR count). The molecule has 1 saturated heterocycles. The predicted octanol–water partition coefficient (Wildman–Crippen LogP) is 4.44. The molecule has 1 heterocycles. The molecule has 0 aliphatic carbocycles. The van der Waals surface area contributed by atoms with E-state index < -0.39 is 23.4 Å². The molecule has 146 valence electrons. The number of carbonyl (C=O) groups excluding carboxylic acids is 1. The standard InChI is InChI=1S/C19H27F3N2O2/c1-18(2,3)26-17(25)23-12-14-8-10-24(11-9-14)13-15-6-4-5-7-16(15)19(20,21)22/h4-7,14H,8-13H2,1-3H3,(H,23,25). The summed E-state index contributed by atoms with van der Waals surface area (Å²) in [5.41, 5.74) is -0.779. The average molecular weight is 372 g/mol. The lowest BCUT2D eigenvalue weighted by molar-refractivity contribution is -0.138. The number of halogens is 3. The number of benzene rings is 1. The summed E-state index contributed by atoms with van der Waals surface area (Å²) in [4.78, 5) is 13.7. The molecular formula is C19H27F3N2O2. The number of alkyl halides is 3. The van der Waals surface area contributed by atoms with E-state index in [2.05, 4.69) is 5.32 Å². The lowest BCUT2D eigenvalue weighted by Crippen LogP contribution is -2.40. The van der Waals surface area contributed by atoms with Crippen LogP contribution in [0.4, 0.5) is 18.0 Å². The van der Waals surface area contributed by atoms with E-state index in [1.54, 1.807) is 12.1 Å². The molecule has 1 fully saturated rings. The minimum atomic E-state index is -4.33. The van der Waals surface area contributed by atoms with Gasteiger partial charge in [-0.25, -0.2) is 4.79 Å². The highest BCUT2D eigenvalue weighted by atomic mass is 19.4. The molecule has 0 bridgehead atoms. The first-order valence-electron chi connectivity index (χ1n) is 8.89. The number of nitrogens with zero attached hydrogens (tertiary/aromatic N) is 1. The van der Waals surface area contributed by atoms with Gasteiger partial charge in [-0.1, -0.05) is 18.2 Å². The van der Waals surface area contributed by atoms with Crippen LogP contribution in [0.1, 0.15) is 44.7 Å². The third-order valence-electron chi connectivity index (χ3n) is 4.36. The fourth-order valence-electron chi connectivity index (χ4n) is 3.07. The van der Waals surface area contributed by atoms with Gasteiger partial charge in [0.2, 0.25) is 0 Å². The van der Waals surface area contributed by atoms with Crippen molar-refractivity contribution in [2.45, 2.75) is 51.9 Å². The second-order valence-electron chi connectivity index (χ2n) is 7.76. The molecule has 0 aromatic heterocycles. The van der Waals surface area contributed by atoms with Crippen LogP contribution < -0.4 is 5.32 Å². The number of rotatable bonds is 4. The van der Waals surface area contributed by atoms with Crippen LogP contribution in [0.5, 0.6) is 0 Å². The highest BCUT2D eigenvalue weighted by Gasteiger charge is 2.33. The Morgan fingerprint density at radius 1 is 1.19 bits per heavy atom. The van der Waals surface area contributed by atoms with E-state index in [4.69, 9.17) is 4.74 Å². The summed E-state index contributed by atoms with van der Waals surface area (Å²) in [7, 11) is 0. The molecular weight excluding hydrogens is 345 g/mol. The summed E-state index contributed by atoms with van der Waals surface area (Å²) in [6.07, 6.45) is -3.08. The van der Waals surface area contributed by atoms with Gasteiger partial charge in [-0.2, -0.15) is 13.2 Å². The van der Waals surface area contributed by atoms with E-state index in [0.29, 0.717) is 37.7 Å². The first kappa shape index (κ1) is 20.6. The number of carbonyl (C=O) groups is 1. The van der Waals surface area contributed by atoms with Crippen LogP contribution in [0, 0.1) is 5.92 Å². The predicted molar refractivity (Wildman–Crippen MR) is 93.7 cm³/mol. The Labute approximate surface area is 152 Å². The number of nitrogens with one attached hydrogen (secondary N) is 1. The SMILES string of the molecule is CC(C)(C)OC(=O)NCC1CCN(Cc2ccccc2C(F)(F)F)CC1. The van der Waals surface area contributed by atoms with Gasteiger partial charge in [-0.15, -0.1) is 0 Å². The van der Waals surface area contributed by atoms with Crippen LogP contribution in [0.2, 0.25) is 0 Å². The summed E-state index contributed by atoms with van der Waals surface area (Å²) >= 11 is 0. The Kier molecular flexibility index (Phi) is 6.55. The highest BCUT2D eigenvalue weighted by molar-refractivity contribution is 5.67. The molecule has 7 heteroatoms. The summed E-state index contributed by atoms with van der Waals surface area (Å²) in [6, 6.07) is 5.73. The first-order valence-corrected chi connectivity index (χ1v) is 8.89. The number of likely N-dealkylation sites (tertiary alicyclic amines) is 1. The van der Waals surface area contributed by atoms with Gasteiger partial charge in [0.1, 0.15) is 5.60 Å². The van der Waals surface area contributed by atoms with Gasteiger partial charge in [0, 0.05) is 13.1 Å². The van der Waals surface area contributed by atoms with Crippen molar-refractivity contribution in [3.8, 4) is 0 Å². The summed E-state index contributed by atoms with van der Waals surface area (Å²) in [6.45, 7) is 7.68. The van der Waals surface area contributed by atoms with Gasteiger partial charge in [0.05, 0.1) is 5.56 Å². The quantitative estimate of drug-likeness (QED) is 0.849. The highest BCUT2D eigenvalue weighted by Crippen LogP contribution is 2.32. The van der Waals surface area contributed by atoms with Crippen molar-refractivity contribution >= 4 is 6.09 Å². The second kappa shape index (κ2) is 8.29. The Bertz CT molecular complexity index is 604. The average Bonchev–Trinajstić information content (AvgIpc) is 2.52. The van der Waals surface area contributed by atoms with E-state index in [1.807, 2.05) is 25.7 Å². The molecule has 1 aromatic rings. The molecule has 1 aliphatic heterocycles. The van der Waals surface area contributed by atoms with Crippen molar-refractivity contribution < 1.29 is 22.7 Å². The lowest BCUT2D eigenvalue weighted by atomic mass is 9.96. The van der Waals surface area contributed by atoms with Crippen LogP contribution in [-0.4, -0.2) is 36.2 Å². The van der Waals surface area contributed by atoms with Gasteiger partial charge in [0.15, 0.2) is 0 Å². The van der Waals surface area contributed by atoms with Gasteiger partial charge < -0.3 is 10.1 Å². The van der Waals surface area contributed by atoms with Crippen molar-refractivity contribution in [1.29, 1.82) is 0 Å². The number of ether oxygens (including phenoxy) is 1. The molecule has 1 N–H and O–H groups in total. The van der Waals surface area contributed by atoms with Crippen LogP contribution in [0.25, 0.3) is 0 Å². The maximum atomic E-state index is 13.1. The number of piperidine rings is 1. The maximum Gasteiger partial charge on any atom is 0.416 e. The topological polar surface area (TPSA) is 41.6 Å². The zero-order valence-corrected chi connectivity index (χ0v) is 15.5. The van der Waals surface area contributed by atoms with Crippen LogP contribution in [-0.2, 0) is 17.5 Å². The molecule has 4 nitrogen and oxygen atoms in total. The van der Waals surface area contributed by atoms with Gasteiger partial charge in [-0.3, -0.25) is 4.90 Å². The Morgan fingerprint density at radius 3 is 2.38 bits per heavy atom. The van der Waals surface area contributed by atoms with Crippen molar-refractivity contribution in [2.75, 3.05) is 19.6 Å². The molecule has 0 atom stereocenters.